The second kappa shape index (κ2) is 7.14. The first-order valence-corrected chi connectivity index (χ1v) is 9.46. The molecule has 0 unspecified atom stereocenters. The minimum absolute atomic E-state index is 0.00254. The highest BCUT2D eigenvalue weighted by Crippen LogP contribution is 2.24. The van der Waals surface area contributed by atoms with Gasteiger partial charge in [-0.15, -0.1) is 0 Å². The van der Waals surface area contributed by atoms with Crippen LogP contribution < -0.4 is 9.62 Å². The summed E-state index contributed by atoms with van der Waals surface area (Å²) in [6, 6.07) is 7.59. The number of morpholine rings is 1. The summed E-state index contributed by atoms with van der Waals surface area (Å²) >= 11 is 11.7. The average Bonchev–Trinajstić information content (AvgIpc) is 2.55. The molecule has 0 atom stereocenters. The van der Waals surface area contributed by atoms with Gasteiger partial charge in [-0.2, -0.15) is 0 Å². The number of benzene rings is 1. The molecule has 0 spiro atoms. The number of anilines is 2. The summed E-state index contributed by atoms with van der Waals surface area (Å²) in [5.41, 5.74) is 0.364. The molecular formula is C15H15Cl2N3O3S. The Kier molecular flexibility index (Phi) is 5.15. The maximum atomic E-state index is 12.4. The van der Waals surface area contributed by atoms with Crippen LogP contribution in [-0.4, -0.2) is 39.7 Å². The van der Waals surface area contributed by atoms with E-state index in [0.29, 0.717) is 18.9 Å². The van der Waals surface area contributed by atoms with Crippen molar-refractivity contribution in [3.05, 3.63) is 46.6 Å². The summed E-state index contributed by atoms with van der Waals surface area (Å²) in [5, 5.41) is 0.507. The lowest BCUT2D eigenvalue weighted by molar-refractivity contribution is 0.122. The van der Waals surface area contributed by atoms with E-state index in [1.54, 1.807) is 12.1 Å². The SMILES string of the molecule is O=S(=O)(Nc1ccc(N2CCOCC2)nc1)c1cc(Cl)cc(Cl)c1. The van der Waals surface area contributed by atoms with Crippen LogP contribution in [0.3, 0.4) is 0 Å². The van der Waals surface area contributed by atoms with Crippen molar-refractivity contribution >= 4 is 44.7 Å². The van der Waals surface area contributed by atoms with Crippen LogP contribution in [0.1, 0.15) is 0 Å². The van der Waals surface area contributed by atoms with E-state index < -0.39 is 10.0 Å². The van der Waals surface area contributed by atoms with Gasteiger partial charge in [-0.05, 0) is 30.3 Å². The highest BCUT2D eigenvalue weighted by Gasteiger charge is 2.17. The van der Waals surface area contributed by atoms with E-state index in [4.69, 9.17) is 27.9 Å². The molecule has 6 nitrogen and oxygen atoms in total. The lowest BCUT2D eigenvalue weighted by Crippen LogP contribution is -2.36. The first-order chi connectivity index (χ1) is 11.4. The molecule has 1 saturated heterocycles. The van der Waals surface area contributed by atoms with Gasteiger partial charge in [0.2, 0.25) is 0 Å². The molecule has 0 bridgehead atoms. The summed E-state index contributed by atoms with van der Waals surface area (Å²) in [7, 11) is -3.79. The van der Waals surface area contributed by atoms with Crippen molar-refractivity contribution in [3.63, 3.8) is 0 Å². The number of rotatable bonds is 4. The van der Waals surface area contributed by atoms with Gasteiger partial charge in [-0.25, -0.2) is 13.4 Å². The Labute approximate surface area is 150 Å². The van der Waals surface area contributed by atoms with Crippen LogP contribution in [0.5, 0.6) is 0 Å². The van der Waals surface area contributed by atoms with Crippen molar-refractivity contribution in [1.82, 2.24) is 4.98 Å². The minimum atomic E-state index is -3.79. The highest BCUT2D eigenvalue weighted by molar-refractivity contribution is 7.92. The van der Waals surface area contributed by atoms with Crippen molar-refractivity contribution in [1.29, 1.82) is 0 Å². The van der Waals surface area contributed by atoms with Gasteiger partial charge in [-0.3, -0.25) is 4.72 Å². The van der Waals surface area contributed by atoms with E-state index >= 15 is 0 Å². The summed E-state index contributed by atoms with van der Waals surface area (Å²) in [6.07, 6.45) is 1.48. The molecule has 0 radical (unpaired) electrons. The maximum absolute atomic E-state index is 12.4. The van der Waals surface area contributed by atoms with Crippen LogP contribution >= 0.6 is 23.2 Å². The van der Waals surface area contributed by atoms with Gasteiger partial charge in [-0.1, -0.05) is 23.2 Å². The van der Waals surface area contributed by atoms with E-state index in [-0.39, 0.29) is 14.9 Å². The Hall–Kier alpha value is -1.54. The summed E-state index contributed by atoms with van der Waals surface area (Å²) in [4.78, 5) is 6.39. The summed E-state index contributed by atoms with van der Waals surface area (Å²) in [6.45, 7) is 2.84. The topological polar surface area (TPSA) is 71.5 Å². The van der Waals surface area contributed by atoms with E-state index in [2.05, 4.69) is 14.6 Å². The van der Waals surface area contributed by atoms with E-state index in [0.717, 1.165) is 18.9 Å². The number of pyridine rings is 1. The molecule has 1 aromatic heterocycles. The van der Waals surface area contributed by atoms with Gasteiger partial charge in [0.1, 0.15) is 5.82 Å². The average molecular weight is 388 g/mol. The van der Waals surface area contributed by atoms with Gasteiger partial charge >= 0.3 is 0 Å². The number of hydrogen-bond donors (Lipinski definition) is 1. The lowest BCUT2D eigenvalue weighted by atomic mass is 10.3. The van der Waals surface area contributed by atoms with Crippen molar-refractivity contribution < 1.29 is 13.2 Å². The number of ether oxygens (including phenoxy) is 1. The third kappa shape index (κ3) is 4.10. The summed E-state index contributed by atoms with van der Waals surface area (Å²) < 4.78 is 32.6. The summed E-state index contributed by atoms with van der Waals surface area (Å²) in [5.74, 6) is 0.784. The van der Waals surface area contributed by atoms with Crippen LogP contribution in [0.4, 0.5) is 11.5 Å². The van der Waals surface area contributed by atoms with Gasteiger partial charge in [0.05, 0.1) is 30.0 Å². The van der Waals surface area contributed by atoms with Crippen LogP contribution in [-0.2, 0) is 14.8 Å². The zero-order chi connectivity index (χ0) is 17.2. The van der Waals surface area contributed by atoms with E-state index in [1.165, 1.54) is 24.4 Å². The first kappa shape index (κ1) is 17.3. The Bertz CT molecular complexity index is 802. The fourth-order valence-electron chi connectivity index (χ4n) is 2.32. The molecule has 0 aliphatic carbocycles. The van der Waals surface area contributed by atoms with Crippen LogP contribution in [0.15, 0.2) is 41.4 Å². The van der Waals surface area contributed by atoms with Gasteiger partial charge < -0.3 is 9.64 Å². The van der Waals surface area contributed by atoms with Crippen molar-refractivity contribution in [2.45, 2.75) is 4.90 Å². The second-order valence-electron chi connectivity index (χ2n) is 5.22. The van der Waals surface area contributed by atoms with Crippen LogP contribution in [0, 0.1) is 0 Å². The molecule has 2 aromatic rings. The molecule has 1 fully saturated rings. The second-order valence-corrected chi connectivity index (χ2v) is 7.77. The largest absolute Gasteiger partial charge is 0.378 e. The number of sulfonamides is 1. The van der Waals surface area contributed by atoms with E-state index in [1.807, 2.05) is 0 Å². The van der Waals surface area contributed by atoms with Crippen molar-refractivity contribution in [2.75, 3.05) is 35.9 Å². The molecule has 0 saturated carbocycles. The number of hydrogen-bond acceptors (Lipinski definition) is 5. The highest BCUT2D eigenvalue weighted by atomic mass is 35.5. The number of nitrogens with zero attached hydrogens (tertiary/aromatic N) is 2. The quantitative estimate of drug-likeness (QED) is 0.872. The molecule has 1 N–H and O–H groups in total. The maximum Gasteiger partial charge on any atom is 0.262 e. The molecule has 9 heteroatoms. The molecule has 1 aliphatic heterocycles. The standard InChI is InChI=1S/C15H15Cl2N3O3S/c16-11-7-12(17)9-14(8-11)24(21,22)19-13-1-2-15(18-10-13)20-3-5-23-6-4-20/h1-2,7-10,19H,3-6H2. The number of halogens is 2. The van der Waals surface area contributed by atoms with Crippen molar-refractivity contribution in [3.8, 4) is 0 Å². The minimum Gasteiger partial charge on any atom is -0.378 e. The molecule has 1 aromatic carbocycles. The molecule has 128 valence electrons. The van der Waals surface area contributed by atoms with Crippen LogP contribution in [0.25, 0.3) is 0 Å². The fraction of sp³-hybridized carbons (Fsp3) is 0.267. The normalized spacial score (nSPS) is 15.3. The Morgan fingerprint density at radius 1 is 1.08 bits per heavy atom. The zero-order valence-corrected chi connectivity index (χ0v) is 14.9. The van der Waals surface area contributed by atoms with E-state index in [9.17, 15) is 8.42 Å². The lowest BCUT2D eigenvalue weighted by Gasteiger charge is -2.27. The third-order valence-corrected chi connectivity index (χ3v) is 5.28. The molecule has 2 heterocycles. The number of nitrogens with one attached hydrogen (secondary N) is 1. The molecule has 3 rings (SSSR count). The number of aromatic nitrogens is 1. The first-order valence-electron chi connectivity index (χ1n) is 7.22. The third-order valence-electron chi connectivity index (χ3n) is 3.48. The van der Waals surface area contributed by atoms with Gasteiger partial charge in [0.25, 0.3) is 10.0 Å². The van der Waals surface area contributed by atoms with Gasteiger partial charge in [0, 0.05) is 23.1 Å². The van der Waals surface area contributed by atoms with Gasteiger partial charge in [0.15, 0.2) is 0 Å². The van der Waals surface area contributed by atoms with Crippen molar-refractivity contribution in [2.24, 2.45) is 0 Å². The molecular weight excluding hydrogens is 373 g/mol. The zero-order valence-electron chi connectivity index (χ0n) is 12.6. The molecule has 24 heavy (non-hydrogen) atoms. The predicted molar refractivity (Wildman–Crippen MR) is 94.5 cm³/mol. The Morgan fingerprint density at radius 2 is 1.75 bits per heavy atom. The molecule has 1 aliphatic rings. The van der Waals surface area contributed by atoms with Crippen LogP contribution in [0.2, 0.25) is 10.0 Å². The Morgan fingerprint density at radius 3 is 2.33 bits per heavy atom. The predicted octanol–water partition coefficient (Wildman–Crippen LogP) is 3.03. The Balaban J connectivity index is 1.77. The monoisotopic (exact) mass is 387 g/mol. The fourth-order valence-corrected chi connectivity index (χ4v) is 4.09. The molecule has 0 amide bonds. The smallest absolute Gasteiger partial charge is 0.262 e.